The number of anilines is 1. The molecule has 168 valence electrons. The number of benzene rings is 2. The zero-order valence-electron chi connectivity index (χ0n) is 18.5. The van der Waals surface area contributed by atoms with Crippen molar-refractivity contribution >= 4 is 17.7 Å². The number of nitrogens with one attached hydrogen (secondary N) is 1. The summed E-state index contributed by atoms with van der Waals surface area (Å²) in [5.41, 5.74) is 1.45. The Morgan fingerprint density at radius 1 is 0.935 bits per heavy atom. The summed E-state index contributed by atoms with van der Waals surface area (Å²) >= 11 is 0. The first-order valence-electron chi connectivity index (χ1n) is 11.0. The minimum atomic E-state index is -0.689. The lowest BCUT2D eigenvalue weighted by Crippen LogP contribution is -2.15. The Kier molecular flexibility index (Phi) is 10.4. The number of rotatable bonds is 12. The van der Waals surface area contributed by atoms with Crippen molar-refractivity contribution in [2.45, 2.75) is 58.3 Å². The monoisotopic (exact) mass is 427 g/mol. The van der Waals surface area contributed by atoms with Crippen molar-refractivity contribution in [3.05, 3.63) is 48.0 Å². The van der Waals surface area contributed by atoms with E-state index in [0.717, 1.165) is 19.3 Å². The van der Waals surface area contributed by atoms with E-state index in [1.165, 1.54) is 45.3 Å². The third-order valence-electron chi connectivity index (χ3n) is 5.08. The number of ether oxygens (including phenoxy) is 2. The molecule has 0 radical (unpaired) electrons. The molecule has 0 aromatic heterocycles. The fourth-order valence-corrected chi connectivity index (χ4v) is 3.36. The van der Waals surface area contributed by atoms with Gasteiger partial charge < -0.3 is 14.6 Å². The van der Waals surface area contributed by atoms with E-state index < -0.39 is 12.1 Å². The van der Waals surface area contributed by atoms with Crippen LogP contribution in [0, 0.1) is 0 Å². The van der Waals surface area contributed by atoms with Gasteiger partial charge in [-0.25, -0.2) is 9.59 Å². The SMILES string of the molecule is CCCCCCCCCCOC(=O)Nc1cc(C(=O)OC)c(O)c(-c2ccccc2)c1. The van der Waals surface area contributed by atoms with Crippen LogP contribution in [0.25, 0.3) is 11.1 Å². The van der Waals surface area contributed by atoms with Crippen LogP contribution in [0.15, 0.2) is 42.5 Å². The smallest absolute Gasteiger partial charge is 0.411 e. The number of phenols is 1. The highest BCUT2D eigenvalue weighted by molar-refractivity contribution is 5.98. The van der Waals surface area contributed by atoms with Crippen molar-refractivity contribution < 1.29 is 24.2 Å². The Morgan fingerprint density at radius 3 is 2.23 bits per heavy atom. The van der Waals surface area contributed by atoms with Gasteiger partial charge in [-0.1, -0.05) is 82.2 Å². The lowest BCUT2D eigenvalue weighted by atomic mass is 10.00. The van der Waals surface area contributed by atoms with E-state index in [9.17, 15) is 14.7 Å². The molecule has 2 aromatic carbocycles. The van der Waals surface area contributed by atoms with Crippen molar-refractivity contribution in [3.8, 4) is 16.9 Å². The molecule has 0 spiro atoms. The Balaban J connectivity index is 1.93. The molecule has 0 aliphatic carbocycles. The van der Waals surface area contributed by atoms with Gasteiger partial charge in [0.05, 0.1) is 13.7 Å². The number of hydrogen-bond donors (Lipinski definition) is 2. The first kappa shape index (κ1) is 24.3. The maximum Gasteiger partial charge on any atom is 0.411 e. The molecule has 2 N–H and O–H groups in total. The number of carbonyl (C=O) groups is 2. The van der Waals surface area contributed by atoms with Gasteiger partial charge in [0, 0.05) is 11.3 Å². The maximum absolute atomic E-state index is 12.2. The van der Waals surface area contributed by atoms with Crippen LogP contribution in [0.2, 0.25) is 0 Å². The number of aromatic hydroxyl groups is 1. The highest BCUT2D eigenvalue weighted by Crippen LogP contribution is 2.35. The van der Waals surface area contributed by atoms with Crippen LogP contribution in [0.3, 0.4) is 0 Å². The van der Waals surface area contributed by atoms with E-state index in [1.54, 1.807) is 18.2 Å². The van der Waals surface area contributed by atoms with Crippen LogP contribution in [-0.4, -0.2) is 30.9 Å². The van der Waals surface area contributed by atoms with Crippen molar-refractivity contribution in [1.29, 1.82) is 0 Å². The van der Waals surface area contributed by atoms with Gasteiger partial charge in [0.25, 0.3) is 0 Å². The number of unbranched alkanes of at least 4 members (excludes halogenated alkanes) is 7. The Morgan fingerprint density at radius 2 is 1.58 bits per heavy atom. The van der Waals surface area contributed by atoms with E-state index in [-0.39, 0.29) is 11.3 Å². The van der Waals surface area contributed by atoms with Crippen LogP contribution in [0.4, 0.5) is 10.5 Å². The van der Waals surface area contributed by atoms with E-state index in [1.807, 2.05) is 18.2 Å². The summed E-state index contributed by atoms with van der Waals surface area (Å²) in [4.78, 5) is 24.3. The molecule has 1 amide bonds. The molecule has 0 aliphatic heterocycles. The third kappa shape index (κ3) is 7.96. The van der Waals surface area contributed by atoms with Crippen LogP contribution in [0.5, 0.6) is 5.75 Å². The molecule has 0 saturated heterocycles. The summed E-state index contributed by atoms with van der Waals surface area (Å²) in [6.45, 7) is 2.55. The minimum absolute atomic E-state index is 0.0257. The molecule has 0 heterocycles. The second-order valence-electron chi connectivity index (χ2n) is 7.51. The van der Waals surface area contributed by atoms with Gasteiger partial charge in [0.2, 0.25) is 0 Å². The van der Waals surface area contributed by atoms with Crippen molar-refractivity contribution in [2.24, 2.45) is 0 Å². The summed E-state index contributed by atoms with van der Waals surface area (Å²) in [6, 6.07) is 12.1. The number of hydrogen-bond acceptors (Lipinski definition) is 5. The molecule has 0 unspecified atom stereocenters. The topological polar surface area (TPSA) is 84.9 Å². The fraction of sp³-hybridized carbons (Fsp3) is 0.440. The van der Waals surface area contributed by atoms with Gasteiger partial charge in [-0.2, -0.15) is 0 Å². The first-order valence-corrected chi connectivity index (χ1v) is 11.0. The summed E-state index contributed by atoms with van der Waals surface area (Å²) in [6.07, 6.45) is 8.73. The molecule has 0 saturated carbocycles. The van der Waals surface area contributed by atoms with Gasteiger partial charge in [-0.15, -0.1) is 0 Å². The molecular weight excluding hydrogens is 394 g/mol. The maximum atomic E-state index is 12.2. The third-order valence-corrected chi connectivity index (χ3v) is 5.08. The van der Waals surface area contributed by atoms with Crippen LogP contribution < -0.4 is 5.32 Å². The lowest BCUT2D eigenvalue weighted by molar-refractivity contribution is 0.0597. The predicted octanol–water partition coefficient (Wildman–Crippen LogP) is 6.54. The zero-order valence-corrected chi connectivity index (χ0v) is 18.5. The van der Waals surface area contributed by atoms with E-state index >= 15 is 0 Å². The Bertz CT molecular complexity index is 835. The second kappa shape index (κ2) is 13.3. The zero-order chi connectivity index (χ0) is 22.5. The molecule has 2 rings (SSSR count). The van der Waals surface area contributed by atoms with Gasteiger partial charge in [-0.05, 0) is 24.1 Å². The predicted molar refractivity (Wildman–Crippen MR) is 122 cm³/mol. The largest absolute Gasteiger partial charge is 0.506 e. The highest BCUT2D eigenvalue weighted by atomic mass is 16.5. The molecule has 6 heteroatoms. The molecule has 0 atom stereocenters. The average Bonchev–Trinajstić information content (AvgIpc) is 2.79. The number of esters is 1. The van der Waals surface area contributed by atoms with Gasteiger partial charge in [0.15, 0.2) is 0 Å². The minimum Gasteiger partial charge on any atom is -0.506 e. The van der Waals surface area contributed by atoms with Crippen LogP contribution in [-0.2, 0) is 9.47 Å². The Hall–Kier alpha value is -3.02. The quantitative estimate of drug-likeness (QED) is 0.228. The van der Waals surface area contributed by atoms with Gasteiger partial charge in [0.1, 0.15) is 11.3 Å². The lowest BCUT2D eigenvalue weighted by Gasteiger charge is -2.13. The first-order chi connectivity index (χ1) is 15.1. The van der Waals surface area contributed by atoms with E-state index in [2.05, 4.69) is 12.2 Å². The molecule has 0 fully saturated rings. The number of amides is 1. The summed E-state index contributed by atoms with van der Waals surface area (Å²) in [5.74, 6) is -0.887. The van der Waals surface area contributed by atoms with Crippen LogP contribution >= 0.6 is 0 Å². The molecule has 0 bridgehead atoms. The van der Waals surface area contributed by atoms with Gasteiger partial charge >= 0.3 is 12.1 Å². The van der Waals surface area contributed by atoms with Crippen LogP contribution in [0.1, 0.15) is 68.6 Å². The number of methoxy groups -OCH3 is 1. The molecule has 6 nitrogen and oxygen atoms in total. The molecule has 0 aliphatic rings. The standard InChI is InChI=1S/C25H33NO5/c1-3-4-5-6-7-8-9-13-16-31-25(29)26-20-17-21(19-14-11-10-12-15-19)23(27)22(18-20)24(28)30-2/h10-12,14-15,17-18,27H,3-9,13,16H2,1-2H3,(H,26,29). The summed E-state index contributed by atoms with van der Waals surface area (Å²) < 4.78 is 10.0. The van der Waals surface area contributed by atoms with E-state index in [0.29, 0.717) is 23.4 Å². The van der Waals surface area contributed by atoms with Gasteiger partial charge in [-0.3, -0.25) is 5.32 Å². The van der Waals surface area contributed by atoms with E-state index in [4.69, 9.17) is 9.47 Å². The fourth-order valence-electron chi connectivity index (χ4n) is 3.36. The molecular formula is C25H33NO5. The summed E-state index contributed by atoms with van der Waals surface area (Å²) in [5, 5.41) is 13.2. The van der Waals surface area contributed by atoms with Crippen molar-refractivity contribution in [3.63, 3.8) is 0 Å². The van der Waals surface area contributed by atoms with Crippen molar-refractivity contribution in [1.82, 2.24) is 0 Å². The van der Waals surface area contributed by atoms with Crippen molar-refractivity contribution in [2.75, 3.05) is 19.0 Å². The summed E-state index contributed by atoms with van der Waals surface area (Å²) in [7, 11) is 1.24. The second-order valence-corrected chi connectivity index (χ2v) is 7.51. The Labute approximate surface area is 184 Å². The average molecular weight is 428 g/mol. The number of phenolic OH excluding ortho intramolecular Hbond substituents is 1. The number of carbonyl (C=O) groups excluding carboxylic acids is 2. The normalized spacial score (nSPS) is 10.5. The molecule has 2 aromatic rings. The highest BCUT2D eigenvalue weighted by Gasteiger charge is 2.19. The molecule has 31 heavy (non-hydrogen) atoms.